The van der Waals surface area contributed by atoms with Crippen LogP contribution in [0, 0.1) is 0 Å². The Bertz CT molecular complexity index is 740. The summed E-state index contributed by atoms with van der Waals surface area (Å²) < 4.78 is 0. The van der Waals surface area contributed by atoms with E-state index in [2.05, 4.69) is 75.0 Å². The molecule has 1 heteroatoms. The molecule has 2 aromatic rings. The van der Waals surface area contributed by atoms with Gasteiger partial charge in [-0.15, -0.1) is 0 Å². The van der Waals surface area contributed by atoms with Crippen LogP contribution in [-0.4, -0.2) is 5.71 Å². The van der Waals surface area contributed by atoms with Crippen LogP contribution in [0.5, 0.6) is 0 Å². The van der Waals surface area contributed by atoms with E-state index in [9.17, 15) is 0 Å². The molecule has 1 nitrogen and oxygen atoms in total. The van der Waals surface area contributed by atoms with Crippen molar-refractivity contribution in [3.05, 3.63) is 83.4 Å². The maximum Gasteiger partial charge on any atom is 0.0707 e. The van der Waals surface area contributed by atoms with Crippen LogP contribution in [0.15, 0.2) is 66.2 Å². The molecular formula is C23H27N. The average Bonchev–Trinajstić information content (AvgIpc) is 2.61. The van der Waals surface area contributed by atoms with Crippen LogP contribution in [-0.2, 0) is 12.8 Å². The van der Waals surface area contributed by atoms with Crippen LogP contribution in [0.25, 0.3) is 11.3 Å². The zero-order valence-electron chi connectivity index (χ0n) is 15.3. The van der Waals surface area contributed by atoms with Gasteiger partial charge in [0, 0.05) is 11.3 Å². The molecule has 0 fully saturated rings. The van der Waals surface area contributed by atoms with E-state index in [0.29, 0.717) is 0 Å². The van der Waals surface area contributed by atoms with Gasteiger partial charge in [0.15, 0.2) is 0 Å². The molecule has 2 aromatic carbocycles. The van der Waals surface area contributed by atoms with Crippen molar-refractivity contribution < 1.29 is 0 Å². The van der Waals surface area contributed by atoms with E-state index in [0.717, 1.165) is 41.0 Å². The number of aryl methyl sites for hydroxylation is 2. The zero-order valence-corrected chi connectivity index (χ0v) is 15.3. The highest BCUT2D eigenvalue weighted by molar-refractivity contribution is 5.90. The fourth-order valence-corrected chi connectivity index (χ4v) is 2.54. The molecule has 0 heterocycles. The van der Waals surface area contributed by atoms with Gasteiger partial charge in [-0.1, -0.05) is 69.0 Å². The molecule has 2 rings (SSSR count). The molecule has 0 N–H and O–H groups in total. The number of hydrogen-bond donors (Lipinski definition) is 0. The molecule has 0 aliphatic carbocycles. The van der Waals surface area contributed by atoms with Crippen LogP contribution < -0.4 is 0 Å². The molecule has 0 amide bonds. The third kappa shape index (κ3) is 4.79. The first-order valence-corrected chi connectivity index (χ1v) is 8.64. The highest BCUT2D eigenvalue weighted by Crippen LogP contribution is 2.23. The standard InChI is InChI=1S/C23H27N/c1-6-19-8-12-21(13-9-19)18(5)16-23(24-17(3)4)22-14-10-20(7-2)11-15-22/h8-16H,5-7H2,1-4H3/b23-16-. The van der Waals surface area contributed by atoms with E-state index in [1.165, 1.54) is 11.1 Å². The Labute approximate surface area is 146 Å². The van der Waals surface area contributed by atoms with Gasteiger partial charge < -0.3 is 0 Å². The molecule has 0 radical (unpaired) electrons. The lowest BCUT2D eigenvalue weighted by Crippen LogP contribution is -1.90. The number of benzene rings is 2. The summed E-state index contributed by atoms with van der Waals surface area (Å²) in [6, 6.07) is 17.2. The molecule has 0 bridgehead atoms. The zero-order chi connectivity index (χ0) is 17.5. The summed E-state index contributed by atoms with van der Waals surface area (Å²) in [5, 5.41) is 0. The van der Waals surface area contributed by atoms with Crippen LogP contribution in [0.2, 0.25) is 0 Å². The lowest BCUT2D eigenvalue weighted by molar-refractivity contribution is 1.14. The van der Waals surface area contributed by atoms with Crippen LogP contribution in [0.1, 0.15) is 49.9 Å². The van der Waals surface area contributed by atoms with E-state index in [-0.39, 0.29) is 0 Å². The van der Waals surface area contributed by atoms with Gasteiger partial charge in [-0.05, 0) is 55.0 Å². The molecule has 0 unspecified atom stereocenters. The molecule has 24 heavy (non-hydrogen) atoms. The molecule has 0 aromatic heterocycles. The second kappa shape index (κ2) is 8.44. The summed E-state index contributed by atoms with van der Waals surface area (Å²) in [7, 11) is 0. The number of hydrogen-bond acceptors (Lipinski definition) is 1. The van der Waals surface area contributed by atoms with Gasteiger partial charge in [0.05, 0.1) is 5.70 Å². The van der Waals surface area contributed by atoms with E-state index in [1.54, 1.807) is 0 Å². The molecule has 0 spiro atoms. The third-order valence-electron chi connectivity index (χ3n) is 4.05. The van der Waals surface area contributed by atoms with Crippen LogP contribution >= 0.6 is 0 Å². The number of aliphatic imine (C=N–C) groups is 1. The van der Waals surface area contributed by atoms with Gasteiger partial charge in [-0.25, -0.2) is 0 Å². The van der Waals surface area contributed by atoms with Gasteiger partial charge in [0.25, 0.3) is 0 Å². The molecule has 0 aliphatic rings. The lowest BCUT2D eigenvalue weighted by atomic mass is 10.0. The summed E-state index contributed by atoms with van der Waals surface area (Å²) in [4.78, 5) is 4.72. The van der Waals surface area contributed by atoms with Crippen molar-refractivity contribution in [3.8, 4) is 0 Å². The molecule has 0 saturated carbocycles. The van der Waals surface area contributed by atoms with Crippen molar-refractivity contribution in [2.45, 2.75) is 40.5 Å². The minimum atomic E-state index is 0.960. The summed E-state index contributed by atoms with van der Waals surface area (Å²) in [5.41, 5.74) is 7.92. The Kier molecular flexibility index (Phi) is 6.31. The average molecular weight is 317 g/mol. The van der Waals surface area contributed by atoms with Gasteiger partial charge >= 0.3 is 0 Å². The monoisotopic (exact) mass is 317 g/mol. The molecule has 124 valence electrons. The fraction of sp³-hybridized carbons (Fsp3) is 0.261. The van der Waals surface area contributed by atoms with Crippen molar-refractivity contribution in [1.29, 1.82) is 0 Å². The normalized spacial score (nSPS) is 11.2. The predicted molar refractivity (Wildman–Crippen MR) is 107 cm³/mol. The summed E-state index contributed by atoms with van der Waals surface area (Å²) in [6.07, 6.45) is 4.18. The Morgan fingerprint density at radius 1 is 0.833 bits per heavy atom. The largest absolute Gasteiger partial charge is 0.258 e. The highest BCUT2D eigenvalue weighted by atomic mass is 14.7. The van der Waals surface area contributed by atoms with Crippen LogP contribution in [0.3, 0.4) is 0 Å². The SMILES string of the molecule is C=C(/C=C(\N=C(C)C)c1ccc(CC)cc1)c1ccc(CC)cc1. The predicted octanol–water partition coefficient (Wildman–Crippen LogP) is 6.35. The van der Waals surface area contributed by atoms with Crippen molar-refractivity contribution in [3.63, 3.8) is 0 Å². The van der Waals surface area contributed by atoms with E-state index < -0.39 is 0 Å². The second-order valence-electron chi connectivity index (χ2n) is 6.21. The lowest BCUT2D eigenvalue weighted by Gasteiger charge is -2.08. The number of allylic oxidation sites excluding steroid dienone is 2. The first-order chi connectivity index (χ1) is 11.5. The highest BCUT2D eigenvalue weighted by Gasteiger charge is 2.04. The van der Waals surface area contributed by atoms with Crippen molar-refractivity contribution in [2.75, 3.05) is 0 Å². The van der Waals surface area contributed by atoms with E-state index in [1.807, 2.05) is 13.8 Å². The smallest absolute Gasteiger partial charge is 0.0707 e. The second-order valence-corrected chi connectivity index (χ2v) is 6.21. The summed E-state index contributed by atoms with van der Waals surface area (Å²) in [6.45, 7) is 12.6. The van der Waals surface area contributed by atoms with Crippen molar-refractivity contribution >= 4 is 17.0 Å². The Balaban J connectivity index is 2.36. The first-order valence-electron chi connectivity index (χ1n) is 8.64. The molecule has 0 atom stereocenters. The third-order valence-corrected chi connectivity index (χ3v) is 4.05. The fourth-order valence-electron chi connectivity index (χ4n) is 2.54. The van der Waals surface area contributed by atoms with Gasteiger partial charge in [0.2, 0.25) is 0 Å². The van der Waals surface area contributed by atoms with Gasteiger partial charge in [0.1, 0.15) is 0 Å². The minimum Gasteiger partial charge on any atom is -0.258 e. The first kappa shape index (κ1) is 17.9. The molecular weight excluding hydrogens is 290 g/mol. The summed E-state index contributed by atoms with van der Waals surface area (Å²) in [5.74, 6) is 0. The van der Waals surface area contributed by atoms with Crippen molar-refractivity contribution in [2.24, 2.45) is 4.99 Å². The molecule has 0 saturated heterocycles. The van der Waals surface area contributed by atoms with Crippen molar-refractivity contribution in [1.82, 2.24) is 0 Å². The Hall–Kier alpha value is -2.41. The maximum absolute atomic E-state index is 4.72. The minimum absolute atomic E-state index is 0.960. The quantitative estimate of drug-likeness (QED) is 0.435. The van der Waals surface area contributed by atoms with E-state index >= 15 is 0 Å². The van der Waals surface area contributed by atoms with E-state index in [4.69, 9.17) is 4.99 Å². The number of nitrogens with zero attached hydrogens (tertiary/aromatic N) is 1. The van der Waals surface area contributed by atoms with Gasteiger partial charge in [-0.3, -0.25) is 4.99 Å². The van der Waals surface area contributed by atoms with Crippen LogP contribution in [0.4, 0.5) is 0 Å². The number of rotatable bonds is 6. The maximum atomic E-state index is 4.72. The Morgan fingerprint density at radius 2 is 1.29 bits per heavy atom. The topological polar surface area (TPSA) is 12.4 Å². The Morgan fingerprint density at radius 3 is 1.71 bits per heavy atom. The summed E-state index contributed by atoms with van der Waals surface area (Å²) >= 11 is 0. The molecule has 0 aliphatic heterocycles. The van der Waals surface area contributed by atoms with Gasteiger partial charge in [-0.2, -0.15) is 0 Å².